The fourth-order valence-corrected chi connectivity index (χ4v) is 2.68. The molecule has 5 heteroatoms. The number of carbonyl (C=O) groups is 1. The minimum Gasteiger partial charge on any atom is -0.497 e. The van der Waals surface area contributed by atoms with Gasteiger partial charge >= 0.3 is 0 Å². The van der Waals surface area contributed by atoms with Crippen LogP contribution < -0.4 is 15.4 Å². The summed E-state index contributed by atoms with van der Waals surface area (Å²) in [5.74, 6) is 1.12. The lowest BCUT2D eigenvalue weighted by molar-refractivity contribution is -0.135. The predicted molar refractivity (Wildman–Crippen MR) is 84.6 cm³/mol. The summed E-state index contributed by atoms with van der Waals surface area (Å²) in [4.78, 5) is 16.5. The van der Waals surface area contributed by atoms with Crippen LogP contribution in [0.15, 0.2) is 24.3 Å². The number of methoxy groups -OCH3 is 1. The second-order valence-electron chi connectivity index (χ2n) is 5.49. The molecule has 0 aliphatic carbocycles. The van der Waals surface area contributed by atoms with Crippen molar-refractivity contribution in [3.63, 3.8) is 0 Å². The third kappa shape index (κ3) is 3.88. The van der Waals surface area contributed by atoms with E-state index in [9.17, 15) is 4.79 Å². The van der Waals surface area contributed by atoms with Crippen LogP contribution in [0.1, 0.15) is 13.3 Å². The molecular weight excluding hydrogens is 266 g/mol. The van der Waals surface area contributed by atoms with Gasteiger partial charge in [0.1, 0.15) is 5.75 Å². The Morgan fingerprint density at radius 1 is 1.33 bits per heavy atom. The van der Waals surface area contributed by atoms with Gasteiger partial charge in [-0.15, -0.1) is 0 Å². The summed E-state index contributed by atoms with van der Waals surface area (Å²) >= 11 is 0. The highest BCUT2D eigenvalue weighted by molar-refractivity contribution is 5.78. The fourth-order valence-electron chi connectivity index (χ4n) is 2.68. The number of nitrogens with two attached hydrogens (primary N) is 1. The van der Waals surface area contributed by atoms with Crippen LogP contribution in [-0.4, -0.2) is 50.6 Å². The minimum atomic E-state index is 0.0263. The maximum absolute atomic E-state index is 12.3. The lowest BCUT2D eigenvalue weighted by Gasteiger charge is -2.37. The van der Waals surface area contributed by atoms with Crippen molar-refractivity contribution in [2.24, 2.45) is 11.7 Å². The number of hydrogen-bond donors (Lipinski definition) is 1. The van der Waals surface area contributed by atoms with Gasteiger partial charge in [0.05, 0.1) is 7.11 Å². The fraction of sp³-hybridized carbons (Fsp3) is 0.562. The van der Waals surface area contributed by atoms with E-state index >= 15 is 0 Å². The molecule has 0 bridgehead atoms. The van der Waals surface area contributed by atoms with Gasteiger partial charge in [0.15, 0.2) is 0 Å². The molecule has 1 aromatic rings. The summed E-state index contributed by atoms with van der Waals surface area (Å²) in [5.41, 5.74) is 6.68. The van der Waals surface area contributed by atoms with Crippen molar-refractivity contribution >= 4 is 11.6 Å². The maximum atomic E-state index is 12.3. The zero-order valence-corrected chi connectivity index (χ0v) is 12.9. The van der Waals surface area contributed by atoms with Crippen molar-refractivity contribution < 1.29 is 9.53 Å². The average Bonchev–Trinajstić information content (AvgIpc) is 2.54. The van der Waals surface area contributed by atoms with Crippen LogP contribution in [-0.2, 0) is 4.79 Å². The topological polar surface area (TPSA) is 58.8 Å². The highest BCUT2D eigenvalue weighted by atomic mass is 16.5. The molecule has 1 unspecified atom stereocenters. The molecule has 0 spiro atoms. The molecule has 2 N–H and O–H groups in total. The number of amides is 1. The number of hydrogen-bond acceptors (Lipinski definition) is 4. The summed E-state index contributed by atoms with van der Waals surface area (Å²) < 4.78 is 5.26. The monoisotopic (exact) mass is 291 g/mol. The van der Waals surface area contributed by atoms with Gasteiger partial charge in [-0.1, -0.05) is 13.0 Å². The molecule has 0 saturated carbocycles. The third-order valence-electron chi connectivity index (χ3n) is 4.03. The standard InChI is InChI=1S/C16H25N3O2/c1-13(6-7-17)16(20)19-10-8-18(9-11-19)14-4-3-5-15(12-14)21-2/h3-5,12-13H,6-11,17H2,1-2H3. The van der Waals surface area contributed by atoms with Gasteiger partial charge in [0.25, 0.3) is 0 Å². The van der Waals surface area contributed by atoms with Gasteiger partial charge < -0.3 is 20.3 Å². The Balaban J connectivity index is 1.92. The summed E-state index contributed by atoms with van der Waals surface area (Å²) in [7, 11) is 1.68. The Labute approximate surface area is 126 Å². The van der Waals surface area contributed by atoms with Crippen molar-refractivity contribution in [1.29, 1.82) is 0 Å². The molecule has 1 saturated heterocycles. The molecule has 116 valence electrons. The molecule has 1 aliphatic heterocycles. The Hall–Kier alpha value is -1.75. The number of ether oxygens (including phenoxy) is 1. The van der Waals surface area contributed by atoms with Crippen LogP contribution in [0.4, 0.5) is 5.69 Å². The SMILES string of the molecule is COc1cccc(N2CCN(C(=O)C(C)CCN)CC2)c1. The molecule has 21 heavy (non-hydrogen) atoms. The van der Waals surface area contributed by atoms with Crippen molar-refractivity contribution in [3.8, 4) is 5.75 Å². The predicted octanol–water partition coefficient (Wildman–Crippen LogP) is 1.33. The van der Waals surface area contributed by atoms with Gasteiger partial charge in [-0.2, -0.15) is 0 Å². The van der Waals surface area contributed by atoms with Crippen molar-refractivity contribution in [2.75, 3.05) is 44.7 Å². The molecule has 1 amide bonds. The first-order chi connectivity index (χ1) is 10.2. The third-order valence-corrected chi connectivity index (χ3v) is 4.03. The number of piperazine rings is 1. The van der Waals surface area contributed by atoms with Crippen molar-refractivity contribution in [3.05, 3.63) is 24.3 Å². The molecule has 2 rings (SSSR count). The number of rotatable bonds is 5. The Morgan fingerprint density at radius 3 is 2.67 bits per heavy atom. The first kappa shape index (κ1) is 15.6. The van der Waals surface area contributed by atoms with Gasteiger partial charge in [0, 0.05) is 43.9 Å². The van der Waals surface area contributed by atoms with E-state index < -0.39 is 0 Å². The van der Waals surface area contributed by atoms with Gasteiger partial charge in [-0.3, -0.25) is 4.79 Å². The van der Waals surface area contributed by atoms with Crippen LogP contribution in [0.5, 0.6) is 5.75 Å². The molecule has 5 nitrogen and oxygen atoms in total. The summed E-state index contributed by atoms with van der Waals surface area (Å²) in [6, 6.07) is 8.05. The Bertz CT molecular complexity index is 470. The van der Waals surface area contributed by atoms with Crippen LogP contribution in [0.3, 0.4) is 0 Å². The van der Waals surface area contributed by atoms with Crippen molar-refractivity contribution in [2.45, 2.75) is 13.3 Å². The van der Waals surface area contributed by atoms with Gasteiger partial charge in [-0.05, 0) is 25.1 Å². The zero-order valence-electron chi connectivity index (χ0n) is 12.9. The van der Waals surface area contributed by atoms with E-state index in [0.29, 0.717) is 6.54 Å². The zero-order chi connectivity index (χ0) is 15.2. The van der Waals surface area contributed by atoms with Crippen molar-refractivity contribution in [1.82, 2.24) is 4.90 Å². The number of carbonyl (C=O) groups excluding carboxylic acids is 1. The number of nitrogens with zero attached hydrogens (tertiary/aromatic N) is 2. The quantitative estimate of drug-likeness (QED) is 0.889. The number of benzene rings is 1. The molecular formula is C16H25N3O2. The van der Waals surface area contributed by atoms with Gasteiger partial charge in [0.2, 0.25) is 5.91 Å². The normalized spacial score (nSPS) is 16.7. The second-order valence-corrected chi connectivity index (χ2v) is 5.49. The lowest BCUT2D eigenvalue weighted by Crippen LogP contribution is -2.50. The molecule has 1 aromatic carbocycles. The van der Waals surface area contributed by atoms with E-state index in [4.69, 9.17) is 10.5 Å². The largest absolute Gasteiger partial charge is 0.497 e. The Morgan fingerprint density at radius 2 is 2.05 bits per heavy atom. The van der Waals surface area contributed by atoms with E-state index in [0.717, 1.165) is 44.0 Å². The Kier molecular flexibility index (Phi) is 5.44. The van der Waals surface area contributed by atoms with Crippen LogP contribution in [0.25, 0.3) is 0 Å². The smallest absolute Gasteiger partial charge is 0.225 e. The first-order valence-corrected chi connectivity index (χ1v) is 7.53. The van der Waals surface area contributed by atoms with E-state index in [-0.39, 0.29) is 11.8 Å². The highest BCUT2D eigenvalue weighted by Gasteiger charge is 2.24. The van der Waals surface area contributed by atoms with Gasteiger partial charge in [-0.25, -0.2) is 0 Å². The molecule has 0 aromatic heterocycles. The molecule has 1 heterocycles. The molecule has 1 atom stereocenters. The second kappa shape index (κ2) is 7.31. The maximum Gasteiger partial charge on any atom is 0.225 e. The van der Waals surface area contributed by atoms with E-state index in [1.54, 1.807) is 7.11 Å². The summed E-state index contributed by atoms with van der Waals surface area (Å²) in [5, 5.41) is 0. The highest BCUT2D eigenvalue weighted by Crippen LogP contribution is 2.22. The van der Waals surface area contributed by atoms with E-state index in [1.807, 2.05) is 30.0 Å². The molecule has 1 fully saturated rings. The summed E-state index contributed by atoms with van der Waals surface area (Å²) in [6.07, 6.45) is 0.759. The van der Waals surface area contributed by atoms with Crippen LogP contribution in [0, 0.1) is 5.92 Å². The minimum absolute atomic E-state index is 0.0263. The first-order valence-electron chi connectivity index (χ1n) is 7.53. The number of anilines is 1. The average molecular weight is 291 g/mol. The van der Waals surface area contributed by atoms with E-state index in [2.05, 4.69) is 11.0 Å². The molecule has 1 aliphatic rings. The van der Waals surface area contributed by atoms with Crippen LogP contribution >= 0.6 is 0 Å². The van der Waals surface area contributed by atoms with E-state index in [1.165, 1.54) is 0 Å². The molecule has 0 radical (unpaired) electrons. The summed E-state index contributed by atoms with van der Waals surface area (Å²) in [6.45, 7) is 5.78. The lowest BCUT2D eigenvalue weighted by atomic mass is 10.1. The van der Waals surface area contributed by atoms with Crippen LogP contribution in [0.2, 0.25) is 0 Å².